The van der Waals surface area contributed by atoms with Crippen molar-refractivity contribution in [3.63, 3.8) is 0 Å². The van der Waals surface area contributed by atoms with Crippen LogP contribution in [0.1, 0.15) is 5.56 Å². The van der Waals surface area contributed by atoms with Crippen LogP contribution in [0.15, 0.2) is 0 Å². The topological polar surface area (TPSA) is 35.2 Å². The molecule has 0 atom stereocenters. The minimum Gasteiger partial charge on any atom is -0.493 e. The van der Waals surface area contributed by atoms with Crippen molar-refractivity contribution in [2.45, 2.75) is 6.92 Å². The average Bonchev–Trinajstić information content (AvgIpc) is 2.13. The molecule has 0 aliphatic heterocycles. The van der Waals surface area contributed by atoms with Crippen molar-refractivity contribution in [2.75, 3.05) is 12.8 Å². The van der Waals surface area contributed by atoms with Gasteiger partial charge < -0.3 is 10.5 Å². The van der Waals surface area contributed by atoms with E-state index in [-0.39, 0.29) is 11.3 Å². The third kappa shape index (κ3) is 1.30. The fourth-order valence-corrected chi connectivity index (χ4v) is 1.01. The fourth-order valence-electron chi connectivity index (χ4n) is 1.01. The maximum atomic E-state index is 13.0. The first-order valence-electron chi connectivity index (χ1n) is 3.47. The smallest absolute Gasteiger partial charge is 0.191 e. The molecule has 0 saturated heterocycles. The van der Waals surface area contributed by atoms with E-state index in [9.17, 15) is 13.2 Å². The molecule has 13 heavy (non-hydrogen) atoms. The lowest BCUT2D eigenvalue weighted by atomic mass is 10.1. The minimum atomic E-state index is -1.38. The van der Waals surface area contributed by atoms with Gasteiger partial charge >= 0.3 is 0 Å². The van der Waals surface area contributed by atoms with Gasteiger partial charge in [0.25, 0.3) is 0 Å². The predicted octanol–water partition coefficient (Wildman–Crippen LogP) is 2.00. The van der Waals surface area contributed by atoms with E-state index >= 15 is 0 Å². The van der Waals surface area contributed by atoms with Gasteiger partial charge in [0.1, 0.15) is 5.69 Å². The van der Waals surface area contributed by atoms with Crippen LogP contribution < -0.4 is 10.5 Å². The molecule has 1 aromatic rings. The molecule has 0 heterocycles. The molecule has 0 aliphatic rings. The van der Waals surface area contributed by atoms with Gasteiger partial charge in [-0.05, 0) is 6.92 Å². The first kappa shape index (κ1) is 9.70. The Kier molecular flexibility index (Phi) is 2.36. The summed E-state index contributed by atoms with van der Waals surface area (Å²) in [6.07, 6.45) is 0. The quantitative estimate of drug-likeness (QED) is 0.544. The zero-order valence-corrected chi connectivity index (χ0v) is 7.12. The van der Waals surface area contributed by atoms with Crippen LogP contribution in [0.25, 0.3) is 0 Å². The van der Waals surface area contributed by atoms with Gasteiger partial charge in [-0.2, -0.15) is 0 Å². The molecule has 0 aliphatic carbocycles. The van der Waals surface area contributed by atoms with Crippen molar-refractivity contribution in [1.82, 2.24) is 0 Å². The van der Waals surface area contributed by atoms with E-state index in [1.807, 2.05) is 0 Å². The molecule has 2 nitrogen and oxygen atoms in total. The third-order valence-corrected chi connectivity index (χ3v) is 1.74. The van der Waals surface area contributed by atoms with Gasteiger partial charge in [0.05, 0.1) is 7.11 Å². The van der Waals surface area contributed by atoms with Gasteiger partial charge in [0.15, 0.2) is 23.2 Å². The second-order valence-electron chi connectivity index (χ2n) is 2.51. The highest BCUT2D eigenvalue weighted by atomic mass is 19.2. The van der Waals surface area contributed by atoms with Crippen molar-refractivity contribution in [1.29, 1.82) is 0 Å². The summed E-state index contributed by atoms with van der Waals surface area (Å²) in [5, 5.41) is 0. The van der Waals surface area contributed by atoms with Crippen LogP contribution in [-0.4, -0.2) is 7.11 Å². The lowest BCUT2D eigenvalue weighted by Crippen LogP contribution is -2.04. The second kappa shape index (κ2) is 3.16. The predicted molar refractivity (Wildman–Crippen MR) is 42.0 cm³/mol. The summed E-state index contributed by atoms with van der Waals surface area (Å²) in [7, 11) is 1.15. The van der Waals surface area contributed by atoms with Crippen LogP contribution >= 0.6 is 0 Å². The highest BCUT2D eigenvalue weighted by Crippen LogP contribution is 2.31. The van der Waals surface area contributed by atoms with Crippen molar-refractivity contribution in [3.8, 4) is 5.75 Å². The Hall–Kier alpha value is -1.39. The molecule has 72 valence electrons. The van der Waals surface area contributed by atoms with Crippen LogP contribution in [0.5, 0.6) is 5.75 Å². The van der Waals surface area contributed by atoms with E-state index in [2.05, 4.69) is 4.74 Å². The third-order valence-electron chi connectivity index (χ3n) is 1.74. The first-order chi connectivity index (χ1) is 6.00. The SMILES string of the molecule is COc1c(C)c(F)c(F)c(N)c1F. The summed E-state index contributed by atoms with van der Waals surface area (Å²) < 4.78 is 43.3. The number of ether oxygens (including phenoxy) is 1. The van der Waals surface area contributed by atoms with Crippen LogP contribution in [0.4, 0.5) is 18.9 Å². The first-order valence-corrected chi connectivity index (χ1v) is 3.47. The molecule has 0 fully saturated rings. The summed E-state index contributed by atoms with van der Waals surface area (Å²) in [5.74, 6) is -4.00. The van der Waals surface area contributed by atoms with Crippen molar-refractivity contribution >= 4 is 5.69 Å². The molecule has 0 saturated carbocycles. The summed E-state index contributed by atoms with van der Waals surface area (Å²) in [5.41, 5.74) is 3.87. The number of rotatable bonds is 1. The molecular formula is C8H8F3NO. The van der Waals surface area contributed by atoms with E-state index in [0.29, 0.717) is 0 Å². The maximum Gasteiger partial charge on any atom is 0.191 e. The fraction of sp³-hybridized carbons (Fsp3) is 0.250. The molecule has 0 aromatic heterocycles. The Morgan fingerprint density at radius 1 is 1.08 bits per heavy atom. The zero-order valence-electron chi connectivity index (χ0n) is 7.12. The minimum absolute atomic E-state index is 0.230. The van der Waals surface area contributed by atoms with Gasteiger partial charge in [-0.15, -0.1) is 0 Å². The second-order valence-corrected chi connectivity index (χ2v) is 2.51. The molecule has 2 N–H and O–H groups in total. The molecular weight excluding hydrogens is 183 g/mol. The molecule has 1 aromatic carbocycles. The number of hydrogen-bond donors (Lipinski definition) is 1. The lowest BCUT2D eigenvalue weighted by Gasteiger charge is -2.09. The highest BCUT2D eigenvalue weighted by Gasteiger charge is 2.21. The van der Waals surface area contributed by atoms with Gasteiger partial charge in [0, 0.05) is 5.56 Å². The Balaban J connectivity index is 3.56. The van der Waals surface area contributed by atoms with Crippen LogP contribution in [0.3, 0.4) is 0 Å². The molecule has 1 rings (SSSR count). The molecule has 0 amide bonds. The lowest BCUT2D eigenvalue weighted by molar-refractivity contribution is 0.373. The summed E-state index contributed by atoms with van der Waals surface area (Å²) in [6.45, 7) is 1.21. The van der Waals surface area contributed by atoms with Crippen LogP contribution in [0, 0.1) is 24.4 Å². The summed E-state index contributed by atoms with van der Waals surface area (Å²) >= 11 is 0. The van der Waals surface area contributed by atoms with Crippen molar-refractivity contribution < 1.29 is 17.9 Å². The number of nitrogens with two attached hydrogens (primary N) is 1. The van der Waals surface area contributed by atoms with Gasteiger partial charge in [-0.25, -0.2) is 13.2 Å². The van der Waals surface area contributed by atoms with E-state index in [1.165, 1.54) is 6.92 Å². The number of halogens is 3. The van der Waals surface area contributed by atoms with Gasteiger partial charge in [0.2, 0.25) is 0 Å². The van der Waals surface area contributed by atoms with E-state index < -0.39 is 23.1 Å². The number of benzene rings is 1. The number of nitrogen functional groups attached to an aromatic ring is 1. The molecule has 0 radical (unpaired) electrons. The van der Waals surface area contributed by atoms with Crippen LogP contribution in [-0.2, 0) is 0 Å². The van der Waals surface area contributed by atoms with Gasteiger partial charge in [-0.3, -0.25) is 0 Å². The molecule has 0 unspecified atom stereocenters. The Labute approximate surface area is 73.1 Å². The van der Waals surface area contributed by atoms with E-state index in [4.69, 9.17) is 5.73 Å². The standard InChI is InChI=1S/C8H8F3NO/c1-3-4(9)5(10)7(12)6(11)8(3)13-2/h12H2,1-2H3. The number of anilines is 1. The molecule has 0 spiro atoms. The van der Waals surface area contributed by atoms with Crippen molar-refractivity contribution in [2.24, 2.45) is 0 Å². The Morgan fingerprint density at radius 3 is 2.08 bits per heavy atom. The molecule has 0 bridgehead atoms. The number of hydrogen-bond acceptors (Lipinski definition) is 2. The highest BCUT2D eigenvalue weighted by molar-refractivity contribution is 5.52. The average molecular weight is 191 g/mol. The maximum absolute atomic E-state index is 13.0. The molecule has 5 heteroatoms. The van der Waals surface area contributed by atoms with E-state index in [1.54, 1.807) is 0 Å². The van der Waals surface area contributed by atoms with Crippen LogP contribution in [0.2, 0.25) is 0 Å². The van der Waals surface area contributed by atoms with Crippen molar-refractivity contribution in [3.05, 3.63) is 23.0 Å². The summed E-state index contributed by atoms with van der Waals surface area (Å²) in [6, 6.07) is 0. The Bertz CT molecular complexity index is 323. The zero-order chi connectivity index (χ0) is 10.2. The Morgan fingerprint density at radius 2 is 1.62 bits per heavy atom. The van der Waals surface area contributed by atoms with E-state index in [0.717, 1.165) is 7.11 Å². The van der Waals surface area contributed by atoms with Gasteiger partial charge in [-0.1, -0.05) is 0 Å². The number of methoxy groups -OCH3 is 1. The monoisotopic (exact) mass is 191 g/mol. The normalized spacial score (nSPS) is 10.2. The summed E-state index contributed by atoms with van der Waals surface area (Å²) in [4.78, 5) is 0. The largest absolute Gasteiger partial charge is 0.493 e.